The van der Waals surface area contributed by atoms with Crippen LogP contribution in [0.25, 0.3) is 0 Å². The van der Waals surface area contributed by atoms with Crippen LogP contribution in [0, 0.1) is 5.92 Å². The number of aliphatic hydroxyl groups is 1. The number of ether oxygens (including phenoxy) is 2. The van der Waals surface area contributed by atoms with Crippen molar-refractivity contribution >= 4 is 11.7 Å². The average Bonchev–Trinajstić information content (AvgIpc) is 2.46. The van der Waals surface area contributed by atoms with Crippen molar-refractivity contribution in [3.63, 3.8) is 0 Å². The molecule has 1 aliphatic heterocycles. The number of hydrogen-bond donors (Lipinski definition) is 3. The summed E-state index contributed by atoms with van der Waals surface area (Å²) in [5, 5.41) is 14.5. The number of urea groups is 1. The van der Waals surface area contributed by atoms with Gasteiger partial charge in [-0.05, 0) is 25.0 Å². The first-order chi connectivity index (χ1) is 9.60. The van der Waals surface area contributed by atoms with Crippen LogP contribution in [0.3, 0.4) is 0 Å². The van der Waals surface area contributed by atoms with Crippen molar-refractivity contribution in [3.8, 4) is 11.5 Å². The fraction of sp³-hybridized carbons (Fsp3) is 0.500. The Bertz CT molecular complexity index is 478. The van der Waals surface area contributed by atoms with Gasteiger partial charge in [0.15, 0.2) is 11.5 Å². The molecule has 0 saturated carbocycles. The summed E-state index contributed by atoms with van der Waals surface area (Å²) in [5.41, 5.74) is 0.635. The molecule has 0 saturated heterocycles. The third-order valence-corrected chi connectivity index (χ3v) is 3.30. The summed E-state index contributed by atoms with van der Waals surface area (Å²) in [5.74, 6) is 1.32. The van der Waals surface area contributed by atoms with Gasteiger partial charge in [-0.25, -0.2) is 4.79 Å². The van der Waals surface area contributed by atoms with E-state index in [4.69, 9.17) is 14.6 Å². The molecule has 20 heavy (non-hydrogen) atoms. The Kier molecular flexibility index (Phi) is 4.68. The summed E-state index contributed by atoms with van der Waals surface area (Å²) in [6.07, 6.45) is 0. The first kappa shape index (κ1) is 14.5. The van der Waals surface area contributed by atoms with E-state index in [0.29, 0.717) is 30.4 Å². The first-order valence-electron chi connectivity index (χ1n) is 6.68. The Labute approximate surface area is 118 Å². The fourth-order valence-electron chi connectivity index (χ4n) is 1.80. The third kappa shape index (κ3) is 3.54. The SMILES string of the molecule is C[C@@H](CO)[C@@H](C)NC(=O)Nc1ccc2c(c1)OCCO2. The van der Waals surface area contributed by atoms with Crippen LogP contribution in [0.4, 0.5) is 10.5 Å². The van der Waals surface area contributed by atoms with Crippen LogP contribution < -0.4 is 20.1 Å². The second kappa shape index (κ2) is 6.47. The van der Waals surface area contributed by atoms with Crippen molar-refractivity contribution in [1.82, 2.24) is 5.32 Å². The highest BCUT2D eigenvalue weighted by Gasteiger charge is 2.15. The van der Waals surface area contributed by atoms with Gasteiger partial charge in [-0.1, -0.05) is 6.92 Å². The van der Waals surface area contributed by atoms with Gasteiger partial charge in [0.25, 0.3) is 0 Å². The molecule has 1 aromatic rings. The predicted octanol–water partition coefficient (Wildman–Crippen LogP) is 1.60. The van der Waals surface area contributed by atoms with E-state index in [1.165, 1.54) is 0 Å². The zero-order valence-electron chi connectivity index (χ0n) is 11.7. The van der Waals surface area contributed by atoms with E-state index in [1.807, 2.05) is 13.8 Å². The molecule has 0 spiro atoms. The van der Waals surface area contributed by atoms with Crippen LogP contribution in [-0.4, -0.2) is 37.0 Å². The second-order valence-corrected chi connectivity index (χ2v) is 4.91. The minimum absolute atomic E-state index is 0.000941. The molecule has 0 radical (unpaired) electrons. The molecular formula is C14H20N2O4. The van der Waals surface area contributed by atoms with Gasteiger partial charge in [0.2, 0.25) is 0 Å². The number of rotatable bonds is 4. The number of nitrogens with one attached hydrogen (secondary N) is 2. The lowest BCUT2D eigenvalue weighted by atomic mass is 10.1. The van der Waals surface area contributed by atoms with Gasteiger partial charge in [-0.3, -0.25) is 0 Å². The van der Waals surface area contributed by atoms with E-state index < -0.39 is 0 Å². The zero-order chi connectivity index (χ0) is 14.5. The Morgan fingerprint density at radius 3 is 2.70 bits per heavy atom. The molecule has 3 N–H and O–H groups in total. The zero-order valence-corrected chi connectivity index (χ0v) is 11.7. The molecule has 0 fully saturated rings. The molecule has 0 unspecified atom stereocenters. The molecule has 6 heteroatoms. The lowest BCUT2D eigenvalue weighted by Gasteiger charge is -2.21. The number of benzene rings is 1. The number of carbonyl (C=O) groups is 1. The predicted molar refractivity (Wildman–Crippen MR) is 75.3 cm³/mol. The summed E-state index contributed by atoms with van der Waals surface area (Å²) < 4.78 is 10.9. The van der Waals surface area contributed by atoms with E-state index in [-0.39, 0.29) is 24.6 Å². The highest BCUT2D eigenvalue weighted by atomic mass is 16.6. The monoisotopic (exact) mass is 280 g/mol. The van der Waals surface area contributed by atoms with Crippen LogP contribution in [0.1, 0.15) is 13.8 Å². The molecule has 1 aromatic carbocycles. The van der Waals surface area contributed by atoms with E-state index >= 15 is 0 Å². The van der Waals surface area contributed by atoms with Gasteiger partial charge >= 0.3 is 6.03 Å². The number of aliphatic hydroxyl groups excluding tert-OH is 1. The summed E-state index contributed by atoms with van der Waals surface area (Å²) >= 11 is 0. The standard InChI is InChI=1S/C14H20N2O4/c1-9(8-17)10(2)15-14(18)16-11-3-4-12-13(7-11)20-6-5-19-12/h3-4,7,9-10,17H,5-6,8H2,1-2H3,(H2,15,16,18)/t9-,10+/m0/s1. The largest absolute Gasteiger partial charge is 0.486 e. The molecule has 0 aromatic heterocycles. The lowest BCUT2D eigenvalue weighted by molar-refractivity contribution is 0.171. The molecule has 2 atom stereocenters. The van der Waals surface area contributed by atoms with E-state index in [0.717, 1.165) is 0 Å². The minimum atomic E-state index is -0.311. The maximum absolute atomic E-state index is 11.8. The van der Waals surface area contributed by atoms with Crippen molar-refractivity contribution in [2.24, 2.45) is 5.92 Å². The lowest BCUT2D eigenvalue weighted by Crippen LogP contribution is -2.40. The molecular weight excluding hydrogens is 260 g/mol. The highest BCUT2D eigenvalue weighted by molar-refractivity contribution is 5.89. The summed E-state index contributed by atoms with van der Waals surface area (Å²) in [6.45, 7) is 4.80. The third-order valence-electron chi connectivity index (χ3n) is 3.30. The summed E-state index contributed by atoms with van der Waals surface area (Å²) in [4.78, 5) is 11.8. The van der Waals surface area contributed by atoms with Gasteiger partial charge in [-0.2, -0.15) is 0 Å². The van der Waals surface area contributed by atoms with E-state index in [2.05, 4.69) is 10.6 Å². The summed E-state index contributed by atoms with van der Waals surface area (Å²) in [7, 11) is 0. The van der Waals surface area contributed by atoms with Crippen molar-refractivity contribution in [1.29, 1.82) is 0 Å². The Morgan fingerprint density at radius 1 is 1.30 bits per heavy atom. The van der Waals surface area contributed by atoms with Crippen molar-refractivity contribution in [2.45, 2.75) is 19.9 Å². The number of hydrogen-bond acceptors (Lipinski definition) is 4. The fourth-order valence-corrected chi connectivity index (χ4v) is 1.80. The maximum atomic E-state index is 11.8. The van der Waals surface area contributed by atoms with Gasteiger partial charge < -0.3 is 25.2 Å². The molecule has 2 rings (SSSR count). The molecule has 110 valence electrons. The van der Waals surface area contributed by atoms with Gasteiger partial charge in [0, 0.05) is 24.4 Å². The Balaban J connectivity index is 1.94. The van der Waals surface area contributed by atoms with Crippen molar-refractivity contribution < 1.29 is 19.4 Å². The molecule has 0 aliphatic carbocycles. The van der Waals surface area contributed by atoms with Gasteiger partial charge in [0.05, 0.1) is 0 Å². The molecule has 1 heterocycles. The van der Waals surface area contributed by atoms with Gasteiger partial charge in [-0.15, -0.1) is 0 Å². The number of carbonyl (C=O) groups excluding carboxylic acids is 1. The quantitative estimate of drug-likeness (QED) is 0.782. The maximum Gasteiger partial charge on any atom is 0.319 e. The number of fused-ring (bicyclic) bond motifs is 1. The second-order valence-electron chi connectivity index (χ2n) is 4.91. The van der Waals surface area contributed by atoms with Crippen LogP contribution in [-0.2, 0) is 0 Å². The Hall–Kier alpha value is -1.95. The van der Waals surface area contributed by atoms with Crippen LogP contribution in [0.2, 0.25) is 0 Å². The van der Waals surface area contributed by atoms with E-state index in [9.17, 15) is 4.79 Å². The topological polar surface area (TPSA) is 79.8 Å². The number of anilines is 1. The van der Waals surface area contributed by atoms with Crippen molar-refractivity contribution in [2.75, 3.05) is 25.1 Å². The normalized spacial score (nSPS) is 16.1. The molecule has 1 aliphatic rings. The van der Waals surface area contributed by atoms with Gasteiger partial charge in [0.1, 0.15) is 13.2 Å². The highest BCUT2D eigenvalue weighted by Crippen LogP contribution is 2.32. The average molecular weight is 280 g/mol. The van der Waals surface area contributed by atoms with Crippen LogP contribution in [0.5, 0.6) is 11.5 Å². The van der Waals surface area contributed by atoms with E-state index in [1.54, 1.807) is 18.2 Å². The summed E-state index contributed by atoms with van der Waals surface area (Å²) in [6, 6.07) is 4.83. The minimum Gasteiger partial charge on any atom is -0.486 e. The first-order valence-corrected chi connectivity index (χ1v) is 6.68. The molecule has 0 bridgehead atoms. The number of amides is 2. The van der Waals surface area contributed by atoms with Crippen molar-refractivity contribution in [3.05, 3.63) is 18.2 Å². The molecule has 2 amide bonds. The van der Waals surface area contributed by atoms with Crippen LogP contribution in [0.15, 0.2) is 18.2 Å². The van der Waals surface area contributed by atoms with Crippen LogP contribution >= 0.6 is 0 Å². The molecule has 6 nitrogen and oxygen atoms in total. The Morgan fingerprint density at radius 2 is 2.00 bits per heavy atom. The smallest absolute Gasteiger partial charge is 0.319 e.